The number of carbonyl (C=O) groups excluding carboxylic acids is 1. The molecular weight excluding hydrogens is 244 g/mol. The van der Waals surface area contributed by atoms with Gasteiger partial charge < -0.3 is 19.7 Å². The maximum absolute atomic E-state index is 12.0. The summed E-state index contributed by atoms with van der Waals surface area (Å²) in [5.74, 6) is 0. The number of nitrogens with one attached hydrogen (secondary N) is 1. The minimum atomic E-state index is -0.430. The lowest BCUT2D eigenvalue weighted by Gasteiger charge is -2.35. The molecule has 2 atom stereocenters. The Morgan fingerprint density at radius 2 is 2.16 bits per heavy atom. The van der Waals surface area contributed by atoms with E-state index in [1.165, 1.54) is 0 Å². The van der Waals surface area contributed by atoms with Gasteiger partial charge in [0, 0.05) is 32.3 Å². The van der Waals surface area contributed by atoms with Crippen molar-refractivity contribution in [2.75, 3.05) is 26.8 Å². The van der Waals surface area contributed by atoms with Gasteiger partial charge in [0.15, 0.2) is 0 Å². The predicted molar refractivity (Wildman–Crippen MR) is 75.3 cm³/mol. The first-order chi connectivity index (χ1) is 8.81. The molecule has 0 bridgehead atoms. The molecule has 112 valence electrons. The molecule has 1 heterocycles. The Bertz CT molecular complexity index is 289. The minimum Gasteiger partial charge on any atom is -0.444 e. The van der Waals surface area contributed by atoms with Crippen LogP contribution in [-0.2, 0) is 9.47 Å². The van der Waals surface area contributed by atoms with Gasteiger partial charge in [-0.1, -0.05) is 0 Å². The highest BCUT2D eigenvalue weighted by atomic mass is 16.6. The first-order valence-corrected chi connectivity index (χ1v) is 7.04. The zero-order chi connectivity index (χ0) is 14.5. The van der Waals surface area contributed by atoms with Crippen LogP contribution < -0.4 is 5.32 Å². The van der Waals surface area contributed by atoms with Gasteiger partial charge in [-0.3, -0.25) is 0 Å². The molecule has 1 rings (SSSR count). The number of carbonyl (C=O) groups is 1. The Morgan fingerprint density at radius 1 is 1.47 bits per heavy atom. The molecule has 0 spiro atoms. The average Bonchev–Trinajstić information content (AvgIpc) is 2.27. The highest BCUT2D eigenvalue weighted by Crippen LogP contribution is 2.15. The van der Waals surface area contributed by atoms with E-state index >= 15 is 0 Å². The average molecular weight is 272 g/mol. The molecule has 0 saturated carbocycles. The van der Waals surface area contributed by atoms with Gasteiger partial charge in [-0.05, 0) is 40.5 Å². The summed E-state index contributed by atoms with van der Waals surface area (Å²) in [7, 11) is 1.70. The van der Waals surface area contributed by atoms with Gasteiger partial charge in [-0.15, -0.1) is 0 Å². The van der Waals surface area contributed by atoms with E-state index in [0.717, 1.165) is 19.4 Å². The van der Waals surface area contributed by atoms with Crippen LogP contribution in [0.3, 0.4) is 0 Å². The van der Waals surface area contributed by atoms with Crippen LogP contribution in [0.15, 0.2) is 0 Å². The topological polar surface area (TPSA) is 50.8 Å². The fourth-order valence-corrected chi connectivity index (χ4v) is 2.31. The summed E-state index contributed by atoms with van der Waals surface area (Å²) in [4.78, 5) is 13.8. The number of piperidine rings is 1. The van der Waals surface area contributed by atoms with Gasteiger partial charge in [-0.25, -0.2) is 4.79 Å². The molecule has 0 aromatic rings. The Balaban J connectivity index is 2.43. The lowest BCUT2D eigenvalue weighted by atomic mass is 10.1. The highest BCUT2D eigenvalue weighted by Gasteiger charge is 2.27. The lowest BCUT2D eigenvalue weighted by molar-refractivity contribution is 0.0179. The molecule has 1 amide bonds. The molecule has 5 heteroatoms. The maximum Gasteiger partial charge on any atom is 0.410 e. The monoisotopic (exact) mass is 272 g/mol. The van der Waals surface area contributed by atoms with Crippen LogP contribution in [0.5, 0.6) is 0 Å². The van der Waals surface area contributed by atoms with Gasteiger partial charge in [-0.2, -0.15) is 0 Å². The molecule has 5 nitrogen and oxygen atoms in total. The van der Waals surface area contributed by atoms with Gasteiger partial charge in [0.05, 0.1) is 6.61 Å². The third-order valence-electron chi connectivity index (χ3n) is 3.01. The third kappa shape index (κ3) is 6.25. The summed E-state index contributed by atoms with van der Waals surface area (Å²) in [6.45, 7) is 9.95. The summed E-state index contributed by atoms with van der Waals surface area (Å²) in [5, 5.41) is 3.49. The van der Waals surface area contributed by atoms with Gasteiger partial charge in [0.2, 0.25) is 0 Å². The third-order valence-corrected chi connectivity index (χ3v) is 3.01. The molecule has 0 aromatic heterocycles. The molecule has 0 radical (unpaired) electrons. The quantitative estimate of drug-likeness (QED) is 0.850. The second-order valence-electron chi connectivity index (χ2n) is 6.29. The molecule has 19 heavy (non-hydrogen) atoms. The second kappa shape index (κ2) is 7.10. The van der Waals surface area contributed by atoms with E-state index in [1.807, 2.05) is 20.8 Å². The number of ether oxygens (including phenoxy) is 2. The normalized spacial score (nSPS) is 22.2. The number of hydrogen-bond donors (Lipinski definition) is 1. The van der Waals surface area contributed by atoms with Crippen LogP contribution in [0.4, 0.5) is 4.79 Å². The van der Waals surface area contributed by atoms with Crippen LogP contribution in [0, 0.1) is 0 Å². The highest BCUT2D eigenvalue weighted by molar-refractivity contribution is 5.68. The van der Waals surface area contributed by atoms with Gasteiger partial charge >= 0.3 is 6.09 Å². The number of nitrogens with zero attached hydrogens (tertiary/aromatic N) is 1. The van der Waals surface area contributed by atoms with Crippen molar-refractivity contribution in [3.05, 3.63) is 0 Å². The Morgan fingerprint density at radius 3 is 2.74 bits per heavy atom. The SMILES string of the molecule is COC[C@H](C)N[C@H]1CCCN(C(=O)OC(C)(C)C)C1. The van der Waals surface area contributed by atoms with Crippen LogP contribution in [-0.4, -0.2) is 55.5 Å². The smallest absolute Gasteiger partial charge is 0.410 e. The zero-order valence-corrected chi connectivity index (χ0v) is 12.9. The van der Waals surface area contributed by atoms with E-state index in [1.54, 1.807) is 12.0 Å². The standard InChI is InChI=1S/C14H28N2O3/c1-11(10-18-5)15-12-7-6-8-16(9-12)13(17)19-14(2,3)4/h11-12,15H,6-10H2,1-5H3/t11-,12-/m0/s1. The first kappa shape index (κ1) is 16.2. The number of likely N-dealkylation sites (tertiary alicyclic amines) is 1. The van der Waals surface area contributed by atoms with Crippen LogP contribution in [0.25, 0.3) is 0 Å². The van der Waals surface area contributed by atoms with E-state index < -0.39 is 5.60 Å². The molecule has 0 aliphatic carbocycles. The predicted octanol–water partition coefficient (Wildman–Crippen LogP) is 2.01. The molecule has 0 aromatic carbocycles. The fourth-order valence-electron chi connectivity index (χ4n) is 2.31. The summed E-state index contributed by atoms with van der Waals surface area (Å²) < 4.78 is 10.5. The largest absolute Gasteiger partial charge is 0.444 e. The van der Waals surface area contributed by atoms with E-state index in [0.29, 0.717) is 25.2 Å². The molecule has 1 aliphatic rings. The van der Waals surface area contributed by atoms with Crippen LogP contribution in [0.1, 0.15) is 40.5 Å². The number of hydrogen-bond acceptors (Lipinski definition) is 4. The number of methoxy groups -OCH3 is 1. The van der Waals surface area contributed by atoms with E-state index in [4.69, 9.17) is 9.47 Å². The summed E-state index contributed by atoms with van der Waals surface area (Å²) >= 11 is 0. The van der Waals surface area contributed by atoms with Crippen molar-refractivity contribution in [3.8, 4) is 0 Å². The van der Waals surface area contributed by atoms with Crippen molar-refractivity contribution < 1.29 is 14.3 Å². The molecular formula is C14H28N2O3. The van der Waals surface area contributed by atoms with E-state index in [-0.39, 0.29) is 6.09 Å². The summed E-state index contributed by atoms with van der Waals surface area (Å²) in [6.07, 6.45) is 1.89. The van der Waals surface area contributed by atoms with Crippen molar-refractivity contribution in [2.24, 2.45) is 0 Å². The summed E-state index contributed by atoms with van der Waals surface area (Å²) in [6, 6.07) is 0.625. The lowest BCUT2D eigenvalue weighted by Crippen LogP contribution is -2.51. The number of amides is 1. The van der Waals surface area contributed by atoms with E-state index in [2.05, 4.69) is 12.2 Å². The van der Waals surface area contributed by atoms with Gasteiger partial charge in [0.1, 0.15) is 5.60 Å². The summed E-state index contributed by atoms with van der Waals surface area (Å²) in [5.41, 5.74) is -0.430. The fraction of sp³-hybridized carbons (Fsp3) is 0.929. The maximum atomic E-state index is 12.0. The van der Waals surface area contributed by atoms with Crippen molar-refractivity contribution in [2.45, 2.75) is 58.2 Å². The Hall–Kier alpha value is -0.810. The zero-order valence-electron chi connectivity index (χ0n) is 12.9. The van der Waals surface area contributed by atoms with Crippen molar-refractivity contribution in [3.63, 3.8) is 0 Å². The molecule has 0 unspecified atom stereocenters. The van der Waals surface area contributed by atoms with Crippen molar-refractivity contribution in [1.29, 1.82) is 0 Å². The Labute approximate surface area is 116 Å². The first-order valence-electron chi connectivity index (χ1n) is 7.04. The molecule has 1 N–H and O–H groups in total. The Kier molecular flexibility index (Phi) is 6.07. The molecule has 1 fully saturated rings. The minimum absolute atomic E-state index is 0.210. The van der Waals surface area contributed by atoms with Crippen LogP contribution in [0.2, 0.25) is 0 Å². The second-order valence-corrected chi connectivity index (χ2v) is 6.29. The van der Waals surface area contributed by atoms with Gasteiger partial charge in [0.25, 0.3) is 0 Å². The van der Waals surface area contributed by atoms with E-state index in [9.17, 15) is 4.79 Å². The molecule has 1 saturated heterocycles. The van der Waals surface area contributed by atoms with Crippen molar-refractivity contribution >= 4 is 6.09 Å². The van der Waals surface area contributed by atoms with Crippen molar-refractivity contribution in [1.82, 2.24) is 10.2 Å². The number of rotatable bonds is 4. The van der Waals surface area contributed by atoms with Crippen LogP contribution >= 0.6 is 0 Å². The molecule has 1 aliphatic heterocycles.